The second kappa shape index (κ2) is 4.79. The topological polar surface area (TPSA) is 52.6 Å². The monoisotopic (exact) mass is 198 g/mol. The number of cyclic esters (lactones) is 1. The van der Waals surface area contributed by atoms with E-state index in [-0.39, 0.29) is 12.4 Å². The molecule has 0 bridgehead atoms. The van der Waals surface area contributed by atoms with Crippen LogP contribution in [-0.4, -0.2) is 18.5 Å². The molecule has 0 saturated heterocycles. The van der Waals surface area contributed by atoms with Crippen molar-refractivity contribution in [1.29, 1.82) is 0 Å². The Morgan fingerprint density at radius 2 is 2.21 bits per heavy atom. The van der Waals surface area contributed by atoms with Crippen molar-refractivity contribution in [2.24, 2.45) is 0 Å². The molecule has 1 heterocycles. The van der Waals surface area contributed by atoms with Crippen molar-refractivity contribution in [3.63, 3.8) is 0 Å². The zero-order chi connectivity index (χ0) is 10.6. The lowest BCUT2D eigenvalue weighted by atomic mass is 10.1. The lowest BCUT2D eigenvalue weighted by Crippen LogP contribution is -2.08. The molecule has 0 N–H and O–H groups in total. The molecule has 1 aliphatic heterocycles. The third-order valence-electron chi connectivity index (χ3n) is 1.89. The fraction of sp³-hybridized carbons (Fsp3) is 0.600. The second-order valence-corrected chi connectivity index (χ2v) is 3.02. The van der Waals surface area contributed by atoms with E-state index in [4.69, 9.17) is 9.47 Å². The van der Waals surface area contributed by atoms with Crippen LogP contribution >= 0.6 is 0 Å². The average molecular weight is 198 g/mol. The molecule has 0 aromatic rings. The summed E-state index contributed by atoms with van der Waals surface area (Å²) in [5, 5.41) is 0. The number of rotatable bonds is 4. The van der Waals surface area contributed by atoms with Crippen molar-refractivity contribution < 1.29 is 19.1 Å². The predicted molar refractivity (Wildman–Crippen MR) is 49.3 cm³/mol. The van der Waals surface area contributed by atoms with Gasteiger partial charge in [-0.1, -0.05) is 6.92 Å². The number of esters is 2. The Bertz CT molecular complexity index is 278. The van der Waals surface area contributed by atoms with Gasteiger partial charge in [-0.05, 0) is 13.3 Å². The third kappa shape index (κ3) is 2.34. The van der Waals surface area contributed by atoms with Crippen LogP contribution in [0.25, 0.3) is 0 Å². The normalized spacial score (nSPS) is 15.7. The van der Waals surface area contributed by atoms with Crippen molar-refractivity contribution in [3.05, 3.63) is 11.3 Å². The van der Waals surface area contributed by atoms with Gasteiger partial charge in [0.1, 0.15) is 5.76 Å². The number of carbonyl (C=O) groups excluding carboxylic acids is 2. The molecular weight excluding hydrogens is 184 g/mol. The molecule has 0 aliphatic carbocycles. The highest BCUT2D eigenvalue weighted by Crippen LogP contribution is 2.25. The summed E-state index contributed by atoms with van der Waals surface area (Å²) in [6.07, 6.45) is 1.50. The fourth-order valence-electron chi connectivity index (χ4n) is 1.31. The first kappa shape index (κ1) is 10.8. The number of carbonyl (C=O) groups is 2. The van der Waals surface area contributed by atoms with E-state index < -0.39 is 5.97 Å². The van der Waals surface area contributed by atoms with Gasteiger partial charge in [0.2, 0.25) is 0 Å². The fourth-order valence-corrected chi connectivity index (χ4v) is 1.31. The lowest BCUT2D eigenvalue weighted by molar-refractivity contribution is -0.140. The minimum atomic E-state index is -0.429. The zero-order valence-corrected chi connectivity index (χ0v) is 8.46. The van der Waals surface area contributed by atoms with Crippen LogP contribution in [0, 0.1) is 0 Å². The second-order valence-electron chi connectivity index (χ2n) is 3.02. The average Bonchev–Trinajstić information content (AvgIpc) is 2.48. The van der Waals surface area contributed by atoms with E-state index in [0.29, 0.717) is 24.4 Å². The third-order valence-corrected chi connectivity index (χ3v) is 1.89. The van der Waals surface area contributed by atoms with Crippen LogP contribution in [0.5, 0.6) is 0 Å². The molecule has 0 amide bonds. The highest BCUT2D eigenvalue weighted by atomic mass is 16.6. The lowest BCUT2D eigenvalue weighted by Gasteiger charge is -2.03. The summed E-state index contributed by atoms with van der Waals surface area (Å²) in [6, 6.07) is 0. The van der Waals surface area contributed by atoms with E-state index in [0.717, 1.165) is 6.42 Å². The molecule has 14 heavy (non-hydrogen) atoms. The first-order valence-electron chi connectivity index (χ1n) is 4.78. The number of hydrogen-bond acceptors (Lipinski definition) is 4. The maximum atomic E-state index is 11.4. The van der Waals surface area contributed by atoms with Gasteiger partial charge in [-0.25, -0.2) is 4.79 Å². The molecule has 1 rings (SSSR count). The highest BCUT2D eigenvalue weighted by Gasteiger charge is 2.28. The standard InChI is InChI=1S/C10H14O4/c1-3-5-8-7(6-9(11)14-8)10(12)13-4-2/h3-6H2,1-2H3. The van der Waals surface area contributed by atoms with Crippen LogP contribution in [-0.2, 0) is 19.1 Å². The Morgan fingerprint density at radius 1 is 1.50 bits per heavy atom. The molecule has 4 heteroatoms. The van der Waals surface area contributed by atoms with Crippen LogP contribution < -0.4 is 0 Å². The van der Waals surface area contributed by atoms with Crippen molar-refractivity contribution in [3.8, 4) is 0 Å². The number of ether oxygens (including phenoxy) is 2. The van der Waals surface area contributed by atoms with Gasteiger partial charge in [-0.15, -0.1) is 0 Å². The quantitative estimate of drug-likeness (QED) is 0.643. The van der Waals surface area contributed by atoms with Crippen molar-refractivity contribution in [2.75, 3.05) is 6.61 Å². The Labute approximate surface area is 82.9 Å². The van der Waals surface area contributed by atoms with E-state index in [9.17, 15) is 9.59 Å². The molecule has 4 nitrogen and oxygen atoms in total. The van der Waals surface area contributed by atoms with Crippen LogP contribution in [0.2, 0.25) is 0 Å². The van der Waals surface area contributed by atoms with E-state index in [1.807, 2.05) is 6.92 Å². The van der Waals surface area contributed by atoms with Gasteiger partial charge < -0.3 is 9.47 Å². The molecule has 0 aromatic heterocycles. The van der Waals surface area contributed by atoms with Crippen molar-refractivity contribution in [2.45, 2.75) is 33.1 Å². The summed E-state index contributed by atoms with van der Waals surface area (Å²) >= 11 is 0. The van der Waals surface area contributed by atoms with E-state index in [1.54, 1.807) is 6.92 Å². The SMILES string of the molecule is CCCC1=C(C(=O)OCC)CC(=O)O1. The predicted octanol–water partition coefficient (Wildman–Crippen LogP) is 1.55. The van der Waals surface area contributed by atoms with Crippen LogP contribution in [0.3, 0.4) is 0 Å². The van der Waals surface area contributed by atoms with Crippen LogP contribution in [0.4, 0.5) is 0 Å². The summed E-state index contributed by atoms with van der Waals surface area (Å²) in [6.45, 7) is 4.01. The molecule has 0 radical (unpaired) electrons. The molecule has 0 fully saturated rings. The van der Waals surface area contributed by atoms with Gasteiger partial charge in [0, 0.05) is 6.42 Å². The Hall–Kier alpha value is -1.32. The van der Waals surface area contributed by atoms with Gasteiger partial charge in [0.15, 0.2) is 0 Å². The van der Waals surface area contributed by atoms with Gasteiger partial charge >= 0.3 is 11.9 Å². The Balaban J connectivity index is 2.74. The summed E-state index contributed by atoms with van der Waals surface area (Å²) in [4.78, 5) is 22.3. The number of hydrogen-bond donors (Lipinski definition) is 0. The molecule has 0 atom stereocenters. The first-order valence-corrected chi connectivity index (χ1v) is 4.78. The maximum Gasteiger partial charge on any atom is 0.338 e. The van der Waals surface area contributed by atoms with Crippen molar-refractivity contribution >= 4 is 11.9 Å². The smallest absolute Gasteiger partial charge is 0.338 e. The Kier molecular flexibility index (Phi) is 3.68. The van der Waals surface area contributed by atoms with Crippen molar-refractivity contribution in [1.82, 2.24) is 0 Å². The minimum absolute atomic E-state index is 0.0498. The maximum absolute atomic E-state index is 11.4. The van der Waals surface area contributed by atoms with E-state index >= 15 is 0 Å². The molecular formula is C10H14O4. The van der Waals surface area contributed by atoms with E-state index in [1.165, 1.54) is 0 Å². The van der Waals surface area contributed by atoms with Crippen LogP contribution in [0.1, 0.15) is 33.1 Å². The van der Waals surface area contributed by atoms with Gasteiger partial charge in [0.25, 0.3) is 0 Å². The van der Waals surface area contributed by atoms with Gasteiger partial charge in [0.05, 0.1) is 18.6 Å². The molecule has 78 valence electrons. The van der Waals surface area contributed by atoms with Crippen LogP contribution in [0.15, 0.2) is 11.3 Å². The molecule has 0 aromatic carbocycles. The summed E-state index contributed by atoms with van der Waals surface area (Å²) < 4.78 is 9.74. The zero-order valence-electron chi connectivity index (χ0n) is 8.46. The first-order chi connectivity index (χ1) is 6.69. The van der Waals surface area contributed by atoms with Gasteiger partial charge in [-0.3, -0.25) is 4.79 Å². The Morgan fingerprint density at radius 3 is 2.79 bits per heavy atom. The molecule has 1 aliphatic rings. The molecule has 0 spiro atoms. The van der Waals surface area contributed by atoms with E-state index in [2.05, 4.69) is 0 Å². The number of allylic oxidation sites excluding steroid dienone is 1. The minimum Gasteiger partial charge on any atom is -0.463 e. The largest absolute Gasteiger partial charge is 0.463 e. The molecule has 0 unspecified atom stereocenters. The molecule has 0 saturated carbocycles. The highest BCUT2D eigenvalue weighted by molar-refractivity contribution is 5.97. The summed E-state index contributed by atoms with van der Waals surface area (Å²) in [5.74, 6) is -0.311. The van der Waals surface area contributed by atoms with Gasteiger partial charge in [-0.2, -0.15) is 0 Å². The summed E-state index contributed by atoms with van der Waals surface area (Å²) in [7, 11) is 0. The summed E-state index contributed by atoms with van der Waals surface area (Å²) in [5.41, 5.74) is 0.388.